The van der Waals surface area contributed by atoms with Crippen LogP contribution in [0.2, 0.25) is 0 Å². The van der Waals surface area contributed by atoms with Gasteiger partial charge < -0.3 is 5.32 Å². The number of hydrogen-bond donors (Lipinski definition) is 1. The van der Waals surface area contributed by atoms with E-state index in [1.54, 1.807) is 0 Å². The van der Waals surface area contributed by atoms with Crippen LogP contribution >= 0.6 is 0 Å². The van der Waals surface area contributed by atoms with Gasteiger partial charge in [-0.1, -0.05) is 40.0 Å². The molecule has 1 aliphatic heterocycles. The molecule has 1 heterocycles. The molecule has 1 nitrogen and oxygen atoms in total. The van der Waals surface area contributed by atoms with Crippen LogP contribution in [0, 0.1) is 11.8 Å². The van der Waals surface area contributed by atoms with Gasteiger partial charge in [0, 0.05) is 6.04 Å². The predicted molar refractivity (Wildman–Crippen MR) is 63.5 cm³/mol. The Morgan fingerprint density at radius 1 is 1.07 bits per heavy atom. The summed E-state index contributed by atoms with van der Waals surface area (Å²) in [5.41, 5.74) is 0. The lowest BCUT2D eigenvalue weighted by Gasteiger charge is -2.41. The van der Waals surface area contributed by atoms with Crippen molar-refractivity contribution in [2.75, 3.05) is 6.54 Å². The number of hydrogen-bond acceptors (Lipinski definition) is 1. The number of fused-ring (bicyclic) bond motifs is 1. The van der Waals surface area contributed by atoms with E-state index in [0.29, 0.717) is 0 Å². The fourth-order valence-corrected chi connectivity index (χ4v) is 3.18. The molecule has 3 unspecified atom stereocenters. The Kier molecular flexibility index (Phi) is 5.54. The van der Waals surface area contributed by atoms with Crippen molar-refractivity contribution < 1.29 is 0 Å². The van der Waals surface area contributed by atoms with E-state index in [1.807, 2.05) is 13.8 Å². The summed E-state index contributed by atoms with van der Waals surface area (Å²) < 4.78 is 0. The van der Waals surface area contributed by atoms with E-state index in [-0.39, 0.29) is 0 Å². The first-order valence-corrected chi connectivity index (χ1v) is 6.65. The van der Waals surface area contributed by atoms with Crippen LogP contribution in [-0.4, -0.2) is 12.6 Å². The van der Waals surface area contributed by atoms with Gasteiger partial charge in [-0.2, -0.15) is 0 Å². The third-order valence-electron chi connectivity index (χ3n) is 3.86. The highest BCUT2D eigenvalue weighted by atomic mass is 14.9. The first-order valence-electron chi connectivity index (χ1n) is 6.65. The molecule has 2 fully saturated rings. The van der Waals surface area contributed by atoms with Crippen LogP contribution in [0.4, 0.5) is 0 Å². The molecule has 0 radical (unpaired) electrons. The maximum atomic E-state index is 3.69. The number of nitrogens with one attached hydrogen (secondary N) is 1. The van der Waals surface area contributed by atoms with Crippen LogP contribution in [0.3, 0.4) is 0 Å². The standard InChI is InChI=1S/C11H21N.C2H6/c1-2-9-5-3-7-11-10(9)6-4-8-12-11;1-2/h9-12H,2-8H2,1H3;1-2H3. The molecule has 3 atom stereocenters. The highest BCUT2D eigenvalue weighted by Gasteiger charge is 2.33. The maximum absolute atomic E-state index is 3.69. The van der Waals surface area contributed by atoms with Crippen LogP contribution in [0.5, 0.6) is 0 Å². The second-order valence-electron chi connectivity index (χ2n) is 4.47. The van der Waals surface area contributed by atoms with E-state index in [4.69, 9.17) is 0 Å². The minimum Gasteiger partial charge on any atom is -0.314 e. The zero-order chi connectivity index (χ0) is 10.4. The molecule has 1 heteroatoms. The van der Waals surface area contributed by atoms with E-state index < -0.39 is 0 Å². The maximum Gasteiger partial charge on any atom is 0.00979 e. The average molecular weight is 197 g/mol. The van der Waals surface area contributed by atoms with Gasteiger partial charge in [0.05, 0.1) is 0 Å². The molecule has 1 aliphatic carbocycles. The molecule has 0 bridgehead atoms. The summed E-state index contributed by atoms with van der Waals surface area (Å²) >= 11 is 0. The molecule has 1 saturated carbocycles. The van der Waals surface area contributed by atoms with E-state index in [2.05, 4.69) is 12.2 Å². The topological polar surface area (TPSA) is 12.0 Å². The fraction of sp³-hybridized carbons (Fsp3) is 1.00. The van der Waals surface area contributed by atoms with Gasteiger partial charge >= 0.3 is 0 Å². The molecule has 0 aromatic rings. The Morgan fingerprint density at radius 2 is 1.86 bits per heavy atom. The van der Waals surface area contributed by atoms with Crippen LogP contribution in [0.25, 0.3) is 0 Å². The van der Waals surface area contributed by atoms with Gasteiger partial charge in [0.1, 0.15) is 0 Å². The van der Waals surface area contributed by atoms with Crippen molar-refractivity contribution in [3.05, 3.63) is 0 Å². The Balaban J connectivity index is 0.000000461. The molecule has 1 N–H and O–H groups in total. The van der Waals surface area contributed by atoms with E-state index >= 15 is 0 Å². The lowest BCUT2D eigenvalue weighted by atomic mass is 9.71. The van der Waals surface area contributed by atoms with Gasteiger partial charge in [-0.25, -0.2) is 0 Å². The molecule has 2 rings (SSSR count). The van der Waals surface area contributed by atoms with Gasteiger partial charge in [-0.05, 0) is 37.6 Å². The summed E-state index contributed by atoms with van der Waals surface area (Å²) in [6, 6.07) is 0.887. The van der Waals surface area contributed by atoms with Gasteiger partial charge in [0.25, 0.3) is 0 Å². The zero-order valence-corrected chi connectivity index (χ0v) is 10.2. The van der Waals surface area contributed by atoms with Crippen molar-refractivity contribution in [1.29, 1.82) is 0 Å². The van der Waals surface area contributed by atoms with E-state index in [9.17, 15) is 0 Å². The Morgan fingerprint density at radius 3 is 2.57 bits per heavy atom. The summed E-state index contributed by atoms with van der Waals surface area (Å²) in [7, 11) is 0. The van der Waals surface area contributed by atoms with Crippen molar-refractivity contribution in [3.8, 4) is 0 Å². The first kappa shape index (κ1) is 12.0. The molecule has 0 aromatic carbocycles. The number of rotatable bonds is 1. The van der Waals surface area contributed by atoms with Gasteiger partial charge in [0.2, 0.25) is 0 Å². The van der Waals surface area contributed by atoms with Crippen molar-refractivity contribution in [2.24, 2.45) is 11.8 Å². The van der Waals surface area contributed by atoms with Crippen molar-refractivity contribution >= 4 is 0 Å². The highest BCUT2D eigenvalue weighted by molar-refractivity contribution is 4.88. The minimum atomic E-state index is 0.887. The predicted octanol–water partition coefficient (Wildman–Crippen LogP) is 3.59. The minimum absolute atomic E-state index is 0.887. The molecule has 0 aromatic heterocycles. The second kappa shape index (κ2) is 6.44. The quantitative estimate of drug-likeness (QED) is 0.677. The summed E-state index contributed by atoms with van der Waals surface area (Å²) in [5, 5.41) is 3.69. The normalized spacial score (nSPS) is 36.6. The van der Waals surface area contributed by atoms with Crippen LogP contribution in [0.1, 0.15) is 59.3 Å². The molecular weight excluding hydrogens is 170 g/mol. The lowest BCUT2D eigenvalue weighted by molar-refractivity contribution is 0.135. The lowest BCUT2D eigenvalue weighted by Crippen LogP contribution is -2.46. The third-order valence-corrected chi connectivity index (χ3v) is 3.86. The number of piperidine rings is 1. The van der Waals surface area contributed by atoms with E-state index in [0.717, 1.165) is 17.9 Å². The Labute approximate surface area is 89.7 Å². The van der Waals surface area contributed by atoms with Crippen LogP contribution < -0.4 is 5.32 Å². The zero-order valence-electron chi connectivity index (χ0n) is 10.2. The van der Waals surface area contributed by atoms with Crippen LogP contribution in [-0.2, 0) is 0 Å². The molecule has 84 valence electrons. The highest BCUT2D eigenvalue weighted by Crippen LogP contribution is 2.36. The fourth-order valence-electron chi connectivity index (χ4n) is 3.18. The second-order valence-corrected chi connectivity index (χ2v) is 4.47. The third kappa shape index (κ3) is 2.73. The molecule has 14 heavy (non-hydrogen) atoms. The molecule has 2 aliphatic rings. The van der Waals surface area contributed by atoms with Crippen molar-refractivity contribution in [1.82, 2.24) is 5.32 Å². The SMILES string of the molecule is CC.CCC1CCCC2NCCCC12. The smallest absolute Gasteiger partial charge is 0.00979 e. The van der Waals surface area contributed by atoms with Crippen LogP contribution in [0.15, 0.2) is 0 Å². The molecule has 0 amide bonds. The summed E-state index contributed by atoms with van der Waals surface area (Å²) in [4.78, 5) is 0. The van der Waals surface area contributed by atoms with Gasteiger partial charge in [-0.15, -0.1) is 0 Å². The monoisotopic (exact) mass is 197 g/mol. The van der Waals surface area contributed by atoms with Gasteiger partial charge in [0.15, 0.2) is 0 Å². The molecule has 1 saturated heterocycles. The Hall–Kier alpha value is -0.0400. The average Bonchev–Trinajstić information content (AvgIpc) is 2.31. The Bertz CT molecular complexity index is 135. The summed E-state index contributed by atoms with van der Waals surface area (Å²) in [6.07, 6.45) is 8.73. The van der Waals surface area contributed by atoms with E-state index in [1.165, 1.54) is 45.1 Å². The van der Waals surface area contributed by atoms with Gasteiger partial charge in [-0.3, -0.25) is 0 Å². The van der Waals surface area contributed by atoms with Crippen molar-refractivity contribution in [2.45, 2.75) is 65.3 Å². The summed E-state index contributed by atoms with van der Waals surface area (Å²) in [6.45, 7) is 7.64. The molecule has 0 spiro atoms. The summed E-state index contributed by atoms with van der Waals surface area (Å²) in [5.74, 6) is 2.06. The largest absolute Gasteiger partial charge is 0.314 e. The first-order chi connectivity index (χ1) is 6.92. The van der Waals surface area contributed by atoms with Crippen molar-refractivity contribution in [3.63, 3.8) is 0 Å². The molecular formula is C13H27N.